The summed E-state index contributed by atoms with van der Waals surface area (Å²) in [6.45, 7) is 0. The van der Waals surface area contributed by atoms with Gasteiger partial charge in [-0.3, -0.25) is 4.79 Å². The quantitative estimate of drug-likeness (QED) is 0.588. The topological polar surface area (TPSA) is 62.9 Å². The van der Waals surface area contributed by atoms with Gasteiger partial charge in [0.25, 0.3) is 0 Å². The molecule has 3 heterocycles. The Balaban J connectivity index is 1.26. The van der Waals surface area contributed by atoms with Crippen LogP contribution in [0.1, 0.15) is 48.8 Å². The van der Waals surface area contributed by atoms with Gasteiger partial charge >= 0.3 is 0 Å². The first-order valence-electron chi connectivity index (χ1n) is 13.1. The summed E-state index contributed by atoms with van der Waals surface area (Å²) in [7, 11) is 1.19. The minimum atomic E-state index is -0.740. The molecule has 1 aromatic heterocycles. The number of ether oxygens (including phenoxy) is 1. The van der Waals surface area contributed by atoms with Crippen LogP contribution in [0.2, 0.25) is 0 Å². The third kappa shape index (κ3) is 3.11. The molecule has 3 fully saturated rings. The van der Waals surface area contributed by atoms with Crippen molar-refractivity contribution in [1.29, 1.82) is 0 Å². The smallest absolute Gasteiger partial charge is 0.246 e. The summed E-state index contributed by atoms with van der Waals surface area (Å²) in [5.41, 5.74) is 3.25. The van der Waals surface area contributed by atoms with E-state index in [-0.39, 0.29) is 23.5 Å². The molecule has 3 aliphatic carbocycles. The standard InChI is InChI=1S/C29H35NO4S/c1-30(26(32)10-5-18-11-13-33-16-18)22-7-6-21-25-15-20-23(31)8-9-24-27(20)29(21,28(22)34-24)12-14-35(25,2)17-19-3-4-19/h5,8-11,13,16,19,21-22,25,28,31H,3-4,6-7,12,14-15,17H2,1-2H3/b10-5+/t21?,22-,25?,28?,29+/m1/s1. The molecule has 5 aliphatic rings. The Bertz CT molecular complexity index is 1200. The number of rotatable bonds is 5. The van der Waals surface area contributed by atoms with E-state index >= 15 is 0 Å². The molecule has 1 N–H and O–H groups in total. The summed E-state index contributed by atoms with van der Waals surface area (Å²) in [5.74, 6) is 5.63. The molecule has 5 nitrogen and oxygen atoms in total. The van der Waals surface area contributed by atoms with Crippen LogP contribution in [0.3, 0.4) is 0 Å². The number of hydrogen-bond donors (Lipinski definition) is 1. The van der Waals surface area contributed by atoms with E-state index in [2.05, 4.69) is 6.26 Å². The maximum absolute atomic E-state index is 13.2. The van der Waals surface area contributed by atoms with E-state index in [1.165, 1.54) is 29.9 Å². The molecule has 1 amide bonds. The molecule has 1 spiro atoms. The molecule has 6 heteroatoms. The fourth-order valence-electron chi connectivity index (χ4n) is 8.10. The summed E-state index contributed by atoms with van der Waals surface area (Å²) >= 11 is 0. The van der Waals surface area contributed by atoms with Crippen molar-refractivity contribution < 1.29 is 19.1 Å². The number of amides is 1. The number of likely N-dealkylation sites (N-methyl/N-ethyl adjacent to an activating group) is 1. The van der Waals surface area contributed by atoms with Gasteiger partial charge in [-0.25, -0.2) is 10.0 Å². The number of furan rings is 1. The third-order valence-electron chi connectivity index (χ3n) is 9.95. The van der Waals surface area contributed by atoms with Crippen molar-refractivity contribution in [2.24, 2.45) is 11.8 Å². The van der Waals surface area contributed by atoms with Crippen LogP contribution in [0.25, 0.3) is 6.08 Å². The van der Waals surface area contributed by atoms with E-state index in [1.54, 1.807) is 18.6 Å². The summed E-state index contributed by atoms with van der Waals surface area (Å²) in [6.07, 6.45) is 16.4. The van der Waals surface area contributed by atoms with Gasteiger partial charge in [-0.15, -0.1) is 0 Å². The Labute approximate surface area is 208 Å². The first kappa shape index (κ1) is 21.9. The van der Waals surface area contributed by atoms with Gasteiger partial charge in [0.2, 0.25) is 5.91 Å². The van der Waals surface area contributed by atoms with Crippen LogP contribution in [0.5, 0.6) is 11.5 Å². The number of phenols is 1. The minimum Gasteiger partial charge on any atom is -0.508 e. The lowest BCUT2D eigenvalue weighted by molar-refractivity contribution is -0.131. The molecule has 1 saturated heterocycles. The molecule has 1 aromatic carbocycles. The van der Waals surface area contributed by atoms with Crippen molar-refractivity contribution in [3.63, 3.8) is 0 Å². The van der Waals surface area contributed by atoms with Crippen molar-refractivity contribution >= 4 is 22.0 Å². The zero-order valence-corrected chi connectivity index (χ0v) is 21.4. The van der Waals surface area contributed by atoms with Crippen LogP contribution in [0, 0.1) is 11.8 Å². The van der Waals surface area contributed by atoms with Crippen LogP contribution in [-0.4, -0.2) is 58.1 Å². The molecule has 2 saturated carbocycles. The lowest BCUT2D eigenvalue weighted by Gasteiger charge is -2.64. The molecule has 6 atom stereocenters. The summed E-state index contributed by atoms with van der Waals surface area (Å²) in [4.78, 5) is 15.1. The van der Waals surface area contributed by atoms with Gasteiger partial charge in [-0.1, -0.05) is 0 Å². The molecular weight excluding hydrogens is 458 g/mol. The number of benzene rings is 1. The van der Waals surface area contributed by atoms with E-state index < -0.39 is 10.0 Å². The average molecular weight is 494 g/mol. The number of carbonyl (C=O) groups excluding carboxylic acids is 1. The number of hydrogen-bond acceptors (Lipinski definition) is 4. The van der Waals surface area contributed by atoms with Crippen LogP contribution in [0.4, 0.5) is 0 Å². The molecule has 4 unspecified atom stereocenters. The average Bonchev–Trinajstić information content (AvgIpc) is 3.37. The van der Waals surface area contributed by atoms with E-state index in [4.69, 9.17) is 9.15 Å². The van der Waals surface area contributed by atoms with Crippen molar-refractivity contribution in [2.75, 3.05) is 24.8 Å². The molecule has 35 heavy (non-hydrogen) atoms. The fourth-order valence-corrected chi connectivity index (χ4v) is 12.8. The molecular formula is C29H35NO4S. The zero-order valence-electron chi connectivity index (χ0n) is 20.6. The lowest BCUT2D eigenvalue weighted by Crippen LogP contribution is -2.66. The second kappa shape index (κ2) is 7.58. The van der Waals surface area contributed by atoms with Crippen molar-refractivity contribution in [1.82, 2.24) is 4.90 Å². The second-order valence-electron chi connectivity index (χ2n) is 11.8. The maximum Gasteiger partial charge on any atom is 0.246 e. The monoisotopic (exact) mass is 493 g/mol. The van der Waals surface area contributed by atoms with Crippen LogP contribution in [-0.2, 0) is 16.6 Å². The van der Waals surface area contributed by atoms with E-state index in [0.717, 1.165) is 48.5 Å². The number of carbonyl (C=O) groups is 1. The van der Waals surface area contributed by atoms with E-state index in [0.29, 0.717) is 16.9 Å². The summed E-state index contributed by atoms with van der Waals surface area (Å²) in [5, 5.41) is 11.7. The van der Waals surface area contributed by atoms with Gasteiger partial charge in [0.05, 0.1) is 18.6 Å². The van der Waals surface area contributed by atoms with E-state index in [9.17, 15) is 9.90 Å². The van der Waals surface area contributed by atoms with Crippen LogP contribution < -0.4 is 4.74 Å². The highest BCUT2D eigenvalue weighted by Crippen LogP contribution is 2.73. The second-order valence-corrected chi connectivity index (χ2v) is 15.8. The number of phenolic OH excluding ortho intramolecular Hbond substituents is 1. The van der Waals surface area contributed by atoms with Gasteiger partial charge in [0.15, 0.2) is 0 Å². The largest absolute Gasteiger partial charge is 0.508 e. The van der Waals surface area contributed by atoms with Crippen molar-refractivity contribution in [2.45, 2.75) is 61.3 Å². The Morgan fingerprint density at radius 2 is 2.11 bits per heavy atom. The number of aromatic hydroxyl groups is 1. The van der Waals surface area contributed by atoms with Gasteiger partial charge in [0.1, 0.15) is 17.6 Å². The Hall–Kier alpha value is -2.34. The predicted molar refractivity (Wildman–Crippen MR) is 139 cm³/mol. The van der Waals surface area contributed by atoms with Crippen molar-refractivity contribution in [3.8, 4) is 11.5 Å². The molecule has 7 rings (SSSR count). The SMILES string of the molecule is CN(C(=O)/C=C/c1ccoc1)[C@@H]1CCC2C3Cc4c(O)ccc5c4[C@@]2(CCS3(C)CC2CC2)C1O5. The zero-order chi connectivity index (χ0) is 23.9. The Morgan fingerprint density at radius 1 is 1.26 bits per heavy atom. The maximum atomic E-state index is 13.2. The highest BCUT2D eigenvalue weighted by Gasteiger charge is 2.67. The molecule has 2 aliphatic heterocycles. The highest BCUT2D eigenvalue weighted by molar-refractivity contribution is 8.33. The predicted octanol–water partition coefficient (Wildman–Crippen LogP) is 5.11. The van der Waals surface area contributed by atoms with Crippen molar-refractivity contribution in [3.05, 3.63) is 53.5 Å². The van der Waals surface area contributed by atoms with Gasteiger partial charge in [-0.2, -0.15) is 0 Å². The molecule has 0 radical (unpaired) electrons. The molecule has 2 bridgehead atoms. The van der Waals surface area contributed by atoms with Gasteiger partial charge in [-0.05, 0) is 97.6 Å². The summed E-state index contributed by atoms with van der Waals surface area (Å²) in [6, 6.07) is 5.69. The normalized spacial score (nSPS) is 38.5. The third-order valence-corrected chi connectivity index (χ3v) is 14.3. The Kier molecular flexibility index (Phi) is 4.74. The first-order valence-corrected chi connectivity index (χ1v) is 15.6. The van der Waals surface area contributed by atoms with E-state index in [1.807, 2.05) is 36.2 Å². The summed E-state index contributed by atoms with van der Waals surface area (Å²) < 4.78 is 11.9. The lowest BCUT2D eigenvalue weighted by atomic mass is 9.54. The fraction of sp³-hybridized carbons (Fsp3) is 0.552. The Morgan fingerprint density at radius 3 is 2.89 bits per heavy atom. The van der Waals surface area contributed by atoms with Crippen LogP contribution in [0.15, 0.2) is 41.2 Å². The molecule has 186 valence electrons. The van der Waals surface area contributed by atoms with Gasteiger partial charge in [0, 0.05) is 35.2 Å². The molecule has 2 aromatic rings. The minimum absolute atomic E-state index is 0.000965. The van der Waals surface area contributed by atoms with Crippen LogP contribution >= 0.6 is 10.0 Å². The van der Waals surface area contributed by atoms with Gasteiger partial charge < -0.3 is 19.2 Å². The first-order chi connectivity index (χ1) is 16.9. The number of nitrogens with zero attached hydrogens (tertiary/aromatic N) is 1. The highest BCUT2D eigenvalue weighted by atomic mass is 32.3.